The Labute approximate surface area is 82.1 Å². The topological polar surface area (TPSA) is 35.5 Å². The molecule has 0 rings (SSSR count). The van der Waals surface area contributed by atoms with E-state index >= 15 is 0 Å². The normalized spacial score (nSPS) is 16.2. The molecular weight excluding hydrogens is 164 g/mol. The van der Waals surface area contributed by atoms with E-state index < -0.39 is 0 Å². The molecule has 2 atom stereocenters. The maximum atomic E-state index is 9.07. The molecule has 0 aliphatic heterocycles. The monoisotopic (exact) mass is 188 g/mol. The molecule has 0 fully saturated rings. The highest BCUT2D eigenvalue weighted by Crippen LogP contribution is 1.91. The zero-order chi connectivity index (χ0) is 10.3. The maximum absolute atomic E-state index is 9.07. The van der Waals surface area contributed by atoms with E-state index in [1.807, 2.05) is 0 Å². The number of likely N-dealkylation sites (N-methyl/N-ethyl adjacent to an activating group) is 1. The lowest BCUT2D eigenvalue weighted by Gasteiger charge is -2.23. The van der Waals surface area contributed by atoms with Crippen molar-refractivity contribution in [3.63, 3.8) is 0 Å². The van der Waals surface area contributed by atoms with E-state index in [-0.39, 0.29) is 6.10 Å². The minimum Gasteiger partial charge on any atom is -0.392 e. The van der Waals surface area contributed by atoms with E-state index in [1.165, 1.54) is 0 Å². The quantitative estimate of drug-likeness (QED) is 0.617. The highest BCUT2D eigenvalue weighted by molar-refractivity contribution is 4.67. The first-order valence-electron chi connectivity index (χ1n) is 5.23. The predicted octanol–water partition coefficient (Wildman–Crippen LogP) is 0.687. The van der Waals surface area contributed by atoms with Crippen LogP contribution in [0, 0.1) is 0 Å². The zero-order valence-electron chi connectivity index (χ0n) is 9.38. The summed E-state index contributed by atoms with van der Waals surface area (Å²) in [5.41, 5.74) is 0. The van der Waals surface area contributed by atoms with Gasteiger partial charge in [-0.2, -0.15) is 0 Å². The smallest absolute Gasteiger partial charge is 0.0636 e. The van der Waals surface area contributed by atoms with Gasteiger partial charge in [-0.15, -0.1) is 0 Å². The van der Waals surface area contributed by atoms with Crippen LogP contribution in [0.5, 0.6) is 0 Å². The fraction of sp³-hybridized carbons (Fsp3) is 1.00. The summed E-state index contributed by atoms with van der Waals surface area (Å²) in [5, 5.41) is 12.4. The third-order valence-corrected chi connectivity index (χ3v) is 2.19. The molecule has 0 saturated carbocycles. The van der Waals surface area contributed by atoms with Crippen LogP contribution in [-0.2, 0) is 0 Å². The van der Waals surface area contributed by atoms with E-state index in [2.05, 4.69) is 31.0 Å². The average molecular weight is 188 g/mol. The molecule has 0 spiro atoms. The molecule has 2 N–H and O–H groups in total. The maximum Gasteiger partial charge on any atom is 0.0636 e. The van der Waals surface area contributed by atoms with Gasteiger partial charge in [0, 0.05) is 19.1 Å². The van der Waals surface area contributed by atoms with E-state index in [9.17, 15) is 0 Å². The summed E-state index contributed by atoms with van der Waals surface area (Å²) in [6.45, 7) is 12.2. The Hall–Kier alpha value is -0.120. The van der Waals surface area contributed by atoms with Crippen molar-refractivity contribution in [1.82, 2.24) is 10.2 Å². The Kier molecular flexibility index (Phi) is 7.23. The number of nitrogens with zero attached hydrogens (tertiary/aromatic N) is 1. The summed E-state index contributed by atoms with van der Waals surface area (Å²) < 4.78 is 0. The van der Waals surface area contributed by atoms with Crippen molar-refractivity contribution >= 4 is 0 Å². The first-order chi connectivity index (χ1) is 6.10. The second kappa shape index (κ2) is 7.30. The van der Waals surface area contributed by atoms with Crippen molar-refractivity contribution in [2.75, 3.05) is 26.2 Å². The van der Waals surface area contributed by atoms with Gasteiger partial charge >= 0.3 is 0 Å². The van der Waals surface area contributed by atoms with Gasteiger partial charge in [0.2, 0.25) is 0 Å². The van der Waals surface area contributed by atoms with Crippen LogP contribution in [0.4, 0.5) is 0 Å². The molecule has 0 radical (unpaired) electrons. The van der Waals surface area contributed by atoms with Gasteiger partial charge in [-0.05, 0) is 26.9 Å². The Bertz CT molecular complexity index is 113. The standard InChI is InChI=1S/C10H24N2O/c1-5-12(6-2)8-9(3)11-7-10(4)13/h9-11,13H,5-8H2,1-4H3. The van der Waals surface area contributed by atoms with Crippen molar-refractivity contribution in [1.29, 1.82) is 0 Å². The number of hydrogen-bond donors (Lipinski definition) is 2. The summed E-state index contributed by atoms with van der Waals surface area (Å²) in [4.78, 5) is 2.37. The minimum atomic E-state index is -0.251. The van der Waals surface area contributed by atoms with E-state index in [4.69, 9.17) is 5.11 Å². The molecule has 3 heteroatoms. The largest absolute Gasteiger partial charge is 0.392 e. The molecule has 0 aromatic rings. The van der Waals surface area contributed by atoms with Crippen molar-refractivity contribution in [2.45, 2.75) is 39.8 Å². The molecule has 0 amide bonds. The summed E-state index contributed by atoms with van der Waals surface area (Å²) in [6, 6.07) is 0.453. The highest BCUT2D eigenvalue weighted by Gasteiger charge is 2.06. The van der Waals surface area contributed by atoms with Crippen LogP contribution < -0.4 is 5.32 Å². The lowest BCUT2D eigenvalue weighted by atomic mass is 10.3. The number of rotatable bonds is 7. The number of nitrogens with one attached hydrogen (secondary N) is 1. The first kappa shape index (κ1) is 12.9. The van der Waals surface area contributed by atoms with E-state index in [0.717, 1.165) is 19.6 Å². The SMILES string of the molecule is CCN(CC)CC(C)NCC(C)O. The molecule has 80 valence electrons. The summed E-state index contributed by atoms with van der Waals surface area (Å²) >= 11 is 0. The van der Waals surface area contributed by atoms with Gasteiger partial charge in [-0.1, -0.05) is 13.8 Å². The number of aliphatic hydroxyl groups excluding tert-OH is 1. The zero-order valence-corrected chi connectivity index (χ0v) is 9.38. The Balaban J connectivity index is 3.53. The molecule has 13 heavy (non-hydrogen) atoms. The highest BCUT2D eigenvalue weighted by atomic mass is 16.3. The van der Waals surface area contributed by atoms with Crippen LogP contribution >= 0.6 is 0 Å². The molecule has 0 aromatic carbocycles. The first-order valence-corrected chi connectivity index (χ1v) is 5.23. The van der Waals surface area contributed by atoms with Gasteiger partial charge < -0.3 is 15.3 Å². The average Bonchev–Trinajstić information content (AvgIpc) is 2.10. The molecule has 0 aromatic heterocycles. The lowest BCUT2D eigenvalue weighted by molar-refractivity contribution is 0.180. The molecule has 0 aliphatic rings. The molecule has 0 bridgehead atoms. The summed E-state index contributed by atoms with van der Waals surface area (Å²) in [6.07, 6.45) is -0.251. The van der Waals surface area contributed by atoms with Gasteiger partial charge in [0.05, 0.1) is 6.10 Å². The van der Waals surface area contributed by atoms with Crippen LogP contribution in [0.1, 0.15) is 27.7 Å². The summed E-state index contributed by atoms with van der Waals surface area (Å²) in [7, 11) is 0. The number of hydrogen-bond acceptors (Lipinski definition) is 3. The molecule has 0 heterocycles. The fourth-order valence-corrected chi connectivity index (χ4v) is 1.31. The second-order valence-electron chi connectivity index (χ2n) is 3.64. The van der Waals surface area contributed by atoms with Crippen molar-refractivity contribution in [3.8, 4) is 0 Å². The minimum absolute atomic E-state index is 0.251. The Morgan fingerprint density at radius 2 is 1.77 bits per heavy atom. The molecule has 2 unspecified atom stereocenters. The lowest BCUT2D eigenvalue weighted by Crippen LogP contribution is -2.41. The summed E-state index contributed by atoms with van der Waals surface area (Å²) in [5.74, 6) is 0. The molecule has 3 nitrogen and oxygen atoms in total. The van der Waals surface area contributed by atoms with E-state index in [1.54, 1.807) is 6.92 Å². The predicted molar refractivity (Wildman–Crippen MR) is 56.9 cm³/mol. The van der Waals surface area contributed by atoms with Crippen LogP contribution in [0.25, 0.3) is 0 Å². The third kappa shape index (κ3) is 6.99. The van der Waals surface area contributed by atoms with Crippen molar-refractivity contribution in [3.05, 3.63) is 0 Å². The third-order valence-electron chi connectivity index (χ3n) is 2.19. The second-order valence-corrected chi connectivity index (χ2v) is 3.64. The molecule has 0 aliphatic carbocycles. The van der Waals surface area contributed by atoms with Gasteiger partial charge in [-0.25, -0.2) is 0 Å². The van der Waals surface area contributed by atoms with Gasteiger partial charge in [-0.3, -0.25) is 0 Å². The Morgan fingerprint density at radius 3 is 2.15 bits per heavy atom. The van der Waals surface area contributed by atoms with Crippen LogP contribution in [0.2, 0.25) is 0 Å². The number of aliphatic hydroxyl groups is 1. The molecule has 0 saturated heterocycles. The fourth-order valence-electron chi connectivity index (χ4n) is 1.31. The van der Waals surface area contributed by atoms with Crippen molar-refractivity contribution in [2.24, 2.45) is 0 Å². The van der Waals surface area contributed by atoms with Crippen molar-refractivity contribution < 1.29 is 5.11 Å². The van der Waals surface area contributed by atoms with Gasteiger partial charge in [0.1, 0.15) is 0 Å². The molecular formula is C10H24N2O. The van der Waals surface area contributed by atoms with Crippen LogP contribution in [0.15, 0.2) is 0 Å². The van der Waals surface area contributed by atoms with Crippen LogP contribution in [0.3, 0.4) is 0 Å². The van der Waals surface area contributed by atoms with E-state index in [0.29, 0.717) is 12.6 Å². The van der Waals surface area contributed by atoms with Gasteiger partial charge in [0.15, 0.2) is 0 Å². The van der Waals surface area contributed by atoms with Gasteiger partial charge in [0.25, 0.3) is 0 Å². The van der Waals surface area contributed by atoms with Crippen LogP contribution in [-0.4, -0.2) is 48.3 Å². The Morgan fingerprint density at radius 1 is 1.23 bits per heavy atom.